The maximum Gasteiger partial charge on any atom is 0.214 e. The monoisotopic (exact) mass is 342 g/mol. The molecule has 0 radical (unpaired) electrons. The molecule has 122 valence electrons. The summed E-state index contributed by atoms with van der Waals surface area (Å²) in [6, 6.07) is 13.5. The lowest BCUT2D eigenvalue weighted by Gasteiger charge is -2.04. The van der Waals surface area contributed by atoms with E-state index in [4.69, 9.17) is 0 Å². The van der Waals surface area contributed by atoms with Crippen LogP contribution in [0.25, 0.3) is 5.69 Å². The lowest BCUT2D eigenvalue weighted by atomic mass is 10.1. The molecule has 2 aromatic carbocycles. The van der Waals surface area contributed by atoms with E-state index < -0.39 is 0 Å². The molecule has 0 bridgehead atoms. The van der Waals surface area contributed by atoms with Crippen LogP contribution in [0.2, 0.25) is 0 Å². The maximum absolute atomic E-state index is 13.3. The van der Waals surface area contributed by atoms with Gasteiger partial charge >= 0.3 is 0 Å². The number of carbonyl (C=O) groups is 1. The molecule has 7 heteroatoms. The predicted molar refractivity (Wildman–Crippen MR) is 90.0 cm³/mol. The molecule has 0 saturated heterocycles. The summed E-state index contributed by atoms with van der Waals surface area (Å²) in [4.78, 5) is 12.3. The number of ketones is 1. The Labute approximate surface area is 142 Å². The predicted octanol–water partition coefficient (Wildman–Crippen LogP) is 3.34. The topological polar surface area (TPSA) is 60.7 Å². The first-order chi connectivity index (χ1) is 11.7. The van der Waals surface area contributed by atoms with Gasteiger partial charge in [0.1, 0.15) is 5.82 Å². The molecule has 0 atom stereocenters. The van der Waals surface area contributed by atoms with Crippen LogP contribution >= 0.6 is 11.8 Å². The van der Waals surface area contributed by atoms with Gasteiger partial charge in [0.25, 0.3) is 0 Å². The highest BCUT2D eigenvalue weighted by Crippen LogP contribution is 2.20. The van der Waals surface area contributed by atoms with E-state index in [0.717, 1.165) is 6.42 Å². The van der Waals surface area contributed by atoms with Crippen LogP contribution in [-0.2, 0) is 6.42 Å². The molecule has 0 N–H and O–H groups in total. The molecular formula is C17H15FN4OS. The number of halogens is 1. The fourth-order valence-corrected chi connectivity index (χ4v) is 2.96. The highest BCUT2D eigenvalue weighted by Gasteiger charge is 2.13. The van der Waals surface area contributed by atoms with Gasteiger partial charge in [-0.15, -0.1) is 5.10 Å². The summed E-state index contributed by atoms with van der Waals surface area (Å²) in [6.07, 6.45) is 0.936. The fraction of sp³-hybridized carbons (Fsp3) is 0.176. The highest BCUT2D eigenvalue weighted by atomic mass is 32.2. The molecule has 0 saturated carbocycles. The fourth-order valence-electron chi connectivity index (χ4n) is 2.18. The largest absolute Gasteiger partial charge is 0.293 e. The quantitative estimate of drug-likeness (QED) is 0.508. The zero-order valence-electron chi connectivity index (χ0n) is 13.0. The first kappa shape index (κ1) is 16.3. The zero-order chi connectivity index (χ0) is 16.9. The van der Waals surface area contributed by atoms with Crippen molar-refractivity contribution >= 4 is 17.5 Å². The van der Waals surface area contributed by atoms with Crippen LogP contribution in [-0.4, -0.2) is 31.7 Å². The van der Waals surface area contributed by atoms with E-state index in [1.54, 1.807) is 12.1 Å². The summed E-state index contributed by atoms with van der Waals surface area (Å²) in [5.74, 6) is -0.163. The Morgan fingerprint density at radius 3 is 2.71 bits per heavy atom. The molecule has 0 spiro atoms. The smallest absolute Gasteiger partial charge is 0.214 e. The lowest BCUT2D eigenvalue weighted by Crippen LogP contribution is -2.05. The van der Waals surface area contributed by atoms with Crippen LogP contribution in [0.15, 0.2) is 53.7 Å². The Kier molecular flexibility index (Phi) is 5.00. The summed E-state index contributed by atoms with van der Waals surface area (Å²) < 4.78 is 14.8. The number of thioether (sulfide) groups is 1. The van der Waals surface area contributed by atoms with Crippen molar-refractivity contribution in [3.8, 4) is 5.69 Å². The lowest BCUT2D eigenvalue weighted by molar-refractivity contribution is 0.102. The third kappa shape index (κ3) is 3.68. The first-order valence-electron chi connectivity index (χ1n) is 7.46. The van der Waals surface area contributed by atoms with Crippen LogP contribution in [0.5, 0.6) is 0 Å². The number of Topliss-reactive ketones (excluding diaryl/α,β-unsaturated/α-hetero) is 1. The molecule has 0 fully saturated rings. The molecule has 0 unspecified atom stereocenters. The van der Waals surface area contributed by atoms with E-state index in [9.17, 15) is 9.18 Å². The van der Waals surface area contributed by atoms with Gasteiger partial charge < -0.3 is 0 Å². The highest BCUT2D eigenvalue weighted by molar-refractivity contribution is 7.99. The van der Waals surface area contributed by atoms with Gasteiger partial charge in [-0.1, -0.05) is 49.0 Å². The summed E-state index contributed by atoms with van der Waals surface area (Å²) in [7, 11) is 0. The van der Waals surface area contributed by atoms with Crippen molar-refractivity contribution in [3.05, 3.63) is 65.5 Å². The van der Waals surface area contributed by atoms with Crippen LogP contribution in [0.1, 0.15) is 22.8 Å². The number of aromatic nitrogens is 4. The first-order valence-corrected chi connectivity index (χ1v) is 8.45. The van der Waals surface area contributed by atoms with E-state index in [0.29, 0.717) is 16.4 Å². The van der Waals surface area contributed by atoms with Crippen molar-refractivity contribution in [3.63, 3.8) is 0 Å². The van der Waals surface area contributed by atoms with E-state index in [1.165, 1.54) is 34.1 Å². The average Bonchev–Trinajstić information content (AvgIpc) is 3.08. The SMILES string of the molecule is CCc1ccc(C(=O)CSc2nnnn2-c2cccc(F)c2)cc1. The van der Waals surface area contributed by atoms with Gasteiger partial charge in [-0.25, -0.2) is 4.39 Å². The summed E-state index contributed by atoms with van der Waals surface area (Å²) in [5.41, 5.74) is 2.36. The maximum atomic E-state index is 13.3. The van der Waals surface area contributed by atoms with Crippen LogP contribution in [0, 0.1) is 5.82 Å². The Morgan fingerprint density at radius 2 is 2.00 bits per heavy atom. The molecule has 0 aliphatic rings. The molecule has 0 aliphatic heterocycles. The normalized spacial score (nSPS) is 10.8. The minimum Gasteiger partial charge on any atom is -0.293 e. The van der Waals surface area contributed by atoms with E-state index in [-0.39, 0.29) is 17.4 Å². The molecule has 24 heavy (non-hydrogen) atoms. The van der Waals surface area contributed by atoms with Crippen molar-refractivity contribution in [2.75, 3.05) is 5.75 Å². The minimum absolute atomic E-state index is 0.00329. The second-order valence-corrected chi connectivity index (χ2v) is 6.06. The van der Waals surface area contributed by atoms with Crippen molar-refractivity contribution in [2.24, 2.45) is 0 Å². The summed E-state index contributed by atoms with van der Waals surface area (Å²) in [6.45, 7) is 2.07. The number of carbonyl (C=O) groups excluding carboxylic acids is 1. The van der Waals surface area contributed by atoms with Gasteiger partial charge in [0, 0.05) is 5.56 Å². The van der Waals surface area contributed by atoms with Gasteiger partial charge in [0.15, 0.2) is 5.78 Å². The molecule has 5 nitrogen and oxygen atoms in total. The van der Waals surface area contributed by atoms with Gasteiger partial charge in [-0.05, 0) is 40.6 Å². The molecule has 0 amide bonds. The van der Waals surface area contributed by atoms with E-state index in [2.05, 4.69) is 22.4 Å². The molecule has 3 aromatic rings. The third-order valence-electron chi connectivity index (χ3n) is 3.51. The van der Waals surface area contributed by atoms with Crippen LogP contribution in [0.4, 0.5) is 4.39 Å². The molecule has 1 heterocycles. The number of hydrogen-bond acceptors (Lipinski definition) is 5. The third-order valence-corrected chi connectivity index (χ3v) is 4.43. The molecule has 3 rings (SSSR count). The van der Waals surface area contributed by atoms with Gasteiger partial charge in [-0.3, -0.25) is 4.79 Å². The Balaban J connectivity index is 1.71. The van der Waals surface area contributed by atoms with Crippen molar-refractivity contribution in [1.82, 2.24) is 20.2 Å². The second kappa shape index (κ2) is 7.35. The molecule has 1 aromatic heterocycles. The number of benzene rings is 2. The Bertz CT molecular complexity index is 848. The van der Waals surface area contributed by atoms with Crippen molar-refractivity contribution in [1.29, 1.82) is 0 Å². The van der Waals surface area contributed by atoms with E-state index in [1.807, 2.05) is 24.3 Å². The Morgan fingerprint density at radius 1 is 1.21 bits per heavy atom. The van der Waals surface area contributed by atoms with E-state index >= 15 is 0 Å². The zero-order valence-corrected chi connectivity index (χ0v) is 13.8. The second-order valence-electron chi connectivity index (χ2n) is 5.12. The summed E-state index contributed by atoms with van der Waals surface area (Å²) >= 11 is 1.22. The van der Waals surface area contributed by atoms with Gasteiger partial charge in [0.05, 0.1) is 11.4 Å². The number of rotatable bonds is 6. The molecule has 0 aliphatic carbocycles. The Hall–Kier alpha value is -2.54. The summed E-state index contributed by atoms with van der Waals surface area (Å²) in [5, 5.41) is 11.8. The average molecular weight is 342 g/mol. The number of nitrogens with zero attached hydrogens (tertiary/aromatic N) is 4. The van der Waals surface area contributed by atoms with Gasteiger partial charge in [-0.2, -0.15) is 4.68 Å². The minimum atomic E-state index is -0.369. The number of hydrogen-bond donors (Lipinski definition) is 0. The number of aryl methyl sites for hydroxylation is 1. The van der Waals surface area contributed by atoms with Gasteiger partial charge in [0.2, 0.25) is 5.16 Å². The van der Waals surface area contributed by atoms with Crippen molar-refractivity contribution < 1.29 is 9.18 Å². The van der Waals surface area contributed by atoms with Crippen LogP contribution in [0.3, 0.4) is 0 Å². The number of tetrazole rings is 1. The molecular weight excluding hydrogens is 327 g/mol. The van der Waals surface area contributed by atoms with Crippen molar-refractivity contribution in [2.45, 2.75) is 18.5 Å². The van der Waals surface area contributed by atoms with Crippen LogP contribution < -0.4 is 0 Å². The standard InChI is InChI=1S/C17H15FN4OS/c1-2-12-6-8-13(9-7-12)16(23)11-24-17-19-20-21-22(17)15-5-3-4-14(18)10-15/h3-10H,2,11H2,1H3.